The van der Waals surface area contributed by atoms with Gasteiger partial charge in [-0.1, -0.05) is 6.07 Å². The minimum atomic E-state index is -4.24. The lowest BCUT2D eigenvalue weighted by Crippen LogP contribution is -2.36. The fraction of sp³-hybridized carbons (Fsp3) is 0.538. The van der Waals surface area contributed by atoms with E-state index in [1.807, 2.05) is 19.1 Å². The number of rotatable bonds is 8. The molecule has 0 aliphatic carbocycles. The van der Waals surface area contributed by atoms with Crippen molar-refractivity contribution in [3.63, 3.8) is 0 Å². The van der Waals surface area contributed by atoms with Gasteiger partial charge in [-0.3, -0.25) is 0 Å². The lowest BCUT2D eigenvalue weighted by Gasteiger charge is -2.28. The normalized spacial score (nSPS) is 18.9. The Hall–Kier alpha value is -3.09. The maximum absolute atomic E-state index is 12.8. The van der Waals surface area contributed by atoms with Gasteiger partial charge in [-0.15, -0.1) is 0 Å². The van der Waals surface area contributed by atoms with Gasteiger partial charge in [-0.05, 0) is 54.2 Å². The number of hydrogen-bond donors (Lipinski definition) is 3. The van der Waals surface area contributed by atoms with Gasteiger partial charge in [0, 0.05) is 44.4 Å². The quantitative estimate of drug-likeness (QED) is 0.473. The van der Waals surface area contributed by atoms with Crippen molar-refractivity contribution in [3.8, 4) is 17.0 Å². The fourth-order valence-electron chi connectivity index (χ4n) is 4.63. The highest BCUT2D eigenvalue weighted by molar-refractivity contribution is 5.90. The van der Waals surface area contributed by atoms with E-state index in [0.29, 0.717) is 44.2 Å². The van der Waals surface area contributed by atoms with Gasteiger partial charge in [-0.25, -0.2) is 4.79 Å². The van der Waals surface area contributed by atoms with Crippen LogP contribution >= 0.6 is 0 Å². The summed E-state index contributed by atoms with van der Waals surface area (Å²) in [6.07, 6.45) is -5.86. The summed E-state index contributed by atoms with van der Waals surface area (Å²) < 4.78 is 49.3. The van der Waals surface area contributed by atoms with E-state index in [0.717, 1.165) is 16.7 Å². The molecule has 2 fully saturated rings. The average molecular weight is 539 g/mol. The Kier molecular flexibility index (Phi) is 8.95. The third-order valence-corrected chi connectivity index (χ3v) is 6.65. The van der Waals surface area contributed by atoms with Crippen LogP contribution in [-0.4, -0.2) is 91.0 Å². The number of alkyl halides is 3. The number of anilines is 2. The first-order valence-electron chi connectivity index (χ1n) is 12.6. The van der Waals surface area contributed by atoms with Gasteiger partial charge in [0.05, 0.1) is 19.8 Å². The molecule has 2 aromatic rings. The van der Waals surface area contributed by atoms with Gasteiger partial charge in [-0.2, -0.15) is 18.2 Å². The summed E-state index contributed by atoms with van der Waals surface area (Å²) in [6.45, 7) is 4.12. The molecular weight excluding hydrogens is 505 g/mol. The topological polar surface area (TPSA) is 107 Å². The third kappa shape index (κ3) is 7.49. The van der Waals surface area contributed by atoms with Crippen molar-refractivity contribution >= 4 is 17.5 Å². The van der Waals surface area contributed by atoms with E-state index in [9.17, 15) is 23.1 Å². The maximum atomic E-state index is 12.8. The fourth-order valence-corrected chi connectivity index (χ4v) is 4.63. The number of ether oxygens (including phenoxy) is 2. The Morgan fingerprint density at radius 1 is 1.24 bits per heavy atom. The monoisotopic (exact) mass is 538 g/mol. The summed E-state index contributed by atoms with van der Waals surface area (Å²) in [7, 11) is 0. The summed E-state index contributed by atoms with van der Waals surface area (Å²) in [6, 6.07) is 8.61. The molecule has 0 bridgehead atoms. The van der Waals surface area contributed by atoms with Gasteiger partial charge in [0.15, 0.2) is 0 Å². The summed E-state index contributed by atoms with van der Waals surface area (Å²) in [4.78, 5) is 20.8. The van der Waals surface area contributed by atoms with Crippen LogP contribution in [0.3, 0.4) is 0 Å². The van der Waals surface area contributed by atoms with Crippen molar-refractivity contribution in [2.24, 2.45) is 5.92 Å². The van der Waals surface area contributed by atoms with Crippen molar-refractivity contribution < 1.29 is 37.7 Å². The number of nitrogens with one attached hydrogen (secondary N) is 1. The summed E-state index contributed by atoms with van der Waals surface area (Å²) >= 11 is 0. The number of nitrogens with zero attached hydrogens (tertiary/aromatic N) is 3. The number of aromatic nitrogens is 1. The van der Waals surface area contributed by atoms with Crippen molar-refractivity contribution in [1.29, 1.82) is 0 Å². The van der Waals surface area contributed by atoms with E-state index in [1.54, 1.807) is 18.2 Å². The molecule has 2 aliphatic heterocycles. The standard InChI is InChI=1S/C26H33F3N4O5/c1-17-2-3-20(30-25(36)33-5-4-18(14-33)13-26(27,28)29)12-22(17)19-10-23(32-6-8-37-9-7-32)31-24(11-19)38-16-21(35)15-34/h2-3,10-12,18,21,34-35H,4-9,13-16H2,1H3,(H,30,36)/t18?,21-/m0/s1. The Labute approximate surface area is 219 Å². The number of carbonyl (C=O) groups excluding carboxylic acids is 1. The summed E-state index contributed by atoms with van der Waals surface area (Å²) in [5.74, 6) is 0.353. The third-order valence-electron chi connectivity index (χ3n) is 6.65. The highest BCUT2D eigenvalue weighted by Crippen LogP contribution is 2.33. The molecule has 38 heavy (non-hydrogen) atoms. The van der Waals surface area contributed by atoms with Crippen molar-refractivity contribution in [3.05, 3.63) is 35.9 Å². The van der Waals surface area contributed by atoms with E-state index < -0.39 is 37.3 Å². The first kappa shape index (κ1) is 27.9. The van der Waals surface area contributed by atoms with Gasteiger partial charge in [0.25, 0.3) is 0 Å². The zero-order chi connectivity index (χ0) is 27.3. The summed E-state index contributed by atoms with van der Waals surface area (Å²) in [5.41, 5.74) is 3.02. The van der Waals surface area contributed by atoms with E-state index in [-0.39, 0.29) is 25.6 Å². The van der Waals surface area contributed by atoms with Crippen molar-refractivity contribution in [1.82, 2.24) is 9.88 Å². The van der Waals surface area contributed by atoms with Crippen LogP contribution in [0, 0.1) is 12.8 Å². The predicted molar refractivity (Wildman–Crippen MR) is 135 cm³/mol. The Morgan fingerprint density at radius 3 is 2.71 bits per heavy atom. The molecule has 0 saturated carbocycles. The molecule has 1 aromatic carbocycles. The number of likely N-dealkylation sites (tertiary alicyclic amines) is 1. The van der Waals surface area contributed by atoms with Crippen LogP contribution in [0.15, 0.2) is 30.3 Å². The lowest BCUT2D eigenvalue weighted by atomic mass is 10.0. The molecule has 0 spiro atoms. The molecular formula is C26H33F3N4O5. The molecule has 4 rings (SSSR count). The number of morpholine rings is 1. The SMILES string of the molecule is Cc1ccc(NC(=O)N2CCC(CC(F)(F)F)C2)cc1-c1cc(OC[C@@H](O)CO)nc(N2CCOCC2)c1. The zero-order valence-corrected chi connectivity index (χ0v) is 21.2. The number of urea groups is 1. The molecule has 12 heteroatoms. The van der Waals surface area contributed by atoms with Gasteiger partial charge in [0.1, 0.15) is 18.5 Å². The first-order chi connectivity index (χ1) is 18.1. The number of hydrogen-bond acceptors (Lipinski definition) is 7. The number of pyridine rings is 1. The highest BCUT2D eigenvalue weighted by Gasteiger charge is 2.36. The van der Waals surface area contributed by atoms with Gasteiger partial charge in [0.2, 0.25) is 5.88 Å². The number of amides is 2. The second-order valence-corrected chi connectivity index (χ2v) is 9.68. The minimum absolute atomic E-state index is 0.0672. The molecule has 1 aromatic heterocycles. The van der Waals surface area contributed by atoms with Crippen LogP contribution in [0.4, 0.5) is 29.5 Å². The number of carbonyl (C=O) groups is 1. The van der Waals surface area contributed by atoms with Gasteiger partial charge >= 0.3 is 12.2 Å². The van der Waals surface area contributed by atoms with Crippen LogP contribution < -0.4 is 15.0 Å². The Morgan fingerprint density at radius 2 is 2.00 bits per heavy atom. The second kappa shape index (κ2) is 12.2. The predicted octanol–water partition coefficient (Wildman–Crippen LogP) is 3.43. The molecule has 2 saturated heterocycles. The molecule has 3 heterocycles. The smallest absolute Gasteiger partial charge is 0.389 e. The van der Waals surface area contributed by atoms with E-state index in [2.05, 4.69) is 15.2 Å². The summed E-state index contributed by atoms with van der Waals surface area (Å²) in [5, 5.41) is 21.7. The van der Waals surface area contributed by atoms with Crippen molar-refractivity contribution in [2.45, 2.75) is 32.0 Å². The molecule has 1 unspecified atom stereocenters. The number of aliphatic hydroxyl groups excluding tert-OH is 2. The number of aliphatic hydroxyl groups is 2. The number of halogens is 3. The Balaban J connectivity index is 1.54. The molecule has 9 nitrogen and oxygen atoms in total. The first-order valence-corrected chi connectivity index (χ1v) is 12.6. The zero-order valence-electron chi connectivity index (χ0n) is 21.2. The molecule has 0 radical (unpaired) electrons. The maximum Gasteiger partial charge on any atom is 0.389 e. The average Bonchev–Trinajstić information content (AvgIpc) is 3.35. The molecule has 2 amide bonds. The lowest BCUT2D eigenvalue weighted by molar-refractivity contribution is -0.143. The van der Waals surface area contributed by atoms with Crippen LogP contribution in [0.5, 0.6) is 5.88 Å². The van der Waals surface area contributed by atoms with Crippen LogP contribution in [0.25, 0.3) is 11.1 Å². The molecule has 3 N–H and O–H groups in total. The number of benzene rings is 1. The van der Waals surface area contributed by atoms with Crippen LogP contribution in [-0.2, 0) is 4.74 Å². The largest absolute Gasteiger partial charge is 0.475 e. The van der Waals surface area contributed by atoms with Crippen molar-refractivity contribution in [2.75, 3.05) is 62.8 Å². The minimum Gasteiger partial charge on any atom is -0.475 e. The number of aryl methyl sites for hydroxylation is 1. The molecule has 208 valence electrons. The molecule has 2 atom stereocenters. The second-order valence-electron chi connectivity index (χ2n) is 9.68. The van der Waals surface area contributed by atoms with E-state index >= 15 is 0 Å². The van der Waals surface area contributed by atoms with Crippen LogP contribution in [0.2, 0.25) is 0 Å². The Bertz CT molecular complexity index is 1110. The highest BCUT2D eigenvalue weighted by atomic mass is 19.4. The molecule has 2 aliphatic rings. The van der Waals surface area contributed by atoms with E-state index in [4.69, 9.17) is 14.6 Å². The van der Waals surface area contributed by atoms with E-state index in [1.165, 1.54) is 4.90 Å². The van der Waals surface area contributed by atoms with Crippen LogP contribution in [0.1, 0.15) is 18.4 Å². The van der Waals surface area contributed by atoms with Gasteiger partial charge < -0.3 is 34.8 Å².